The number of rotatable bonds is 3. The highest BCUT2D eigenvalue weighted by Gasteiger charge is 2.39. The van der Waals surface area contributed by atoms with Gasteiger partial charge < -0.3 is 14.5 Å². The number of amides is 1. The first-order valence-corrected chi connectivity index (χ1v) is 10.5. The molecule has 3 aliphatic rings. The number of piperidine rings is 1. The Bertz CT molecular complexity index is 988. The van der Waals surface area contributed by atoms with Crippen LogP contribution in [0.5, 0.6) is 5.75 Å². The maximum atomic E-state index is 13.1. The smallest absolute Gasteiger partial charge is 0.266 e. The zero-order valence-electron chi connectivity index (χ0n) is 16.7. The molecule has 0 bridgehead atoms. The Labute approximate surface area is 175 Å². The summed E-state index contributed by atoms with van der Waals surface area (Å²) in [7, 11) is 0. The van der Waals surface area contributed by atoms with E-state index in [0.717, 1.165) is 24.1 Å². The van der Waals surface area contributed by atoms with Gasteiger partial charge in [-0.2, -0.15) is 0 Å². The molecule has 0 radical (unpaired) electrons. The lowest BCUT2D eigenvalue weighted by Gasteiger charge is -2.38. The second-order valence-corrected chi connectivity index (χ2v) is 8.17. The standard InChI is InChI=1S/C24H24N2O4/c27-20-14-22(29-21-11-5-4-10-18(20)21)17-9-6-12-26(15-17)24(28)23-13-19(25-30-23)16-7-2-1-3-8-16/h1-5,7-8,10-11,17,22-23H,6,9,12-15H2. The number of Topliss-reactive ketones (excluding diaryl/α,β-unsaturated/α-hetero) is 1. The van der Waals surface area contributed by atoms with Crippen LogP contribution in [-0.4, -0.2) is 47.6 Å². The number of fused-ring (bicyclic) bond motifs is 1. The molecule has 3 aliphatic heterocycles. The molecule has 1 amide bonds. The molecule has 2 aromatic carbocycles. The fraction of sp³-hybridized carbons (Fsp3) is 0.375. The van der Waals surface area contributed by atoms with Crippen LogP contribution in [0.3, 0.4) is 0 Å². The van der Waals surface area contributed by atoms with Crippen LogP contribution < -0.4 is 4.74 Å². The zero-order valence-corrected chi connectivity index (χ0v) is 16.7. The molecule has 0 spiro atoms. The van der Waals surface area contributed by atoms with Crippen LogP contribution in [0, 0.1) is 5.92 Å². The number of ether oxygens (including phenoxy) is 1. The lowest BCUT2D eigenvalue weighted by molar-refractivity contribution is -0.144. The van der Waals surface area contributed by atoms with Gasteiger partial charge in [-0.1, -0.05) is 47.6 Å². The second kappa shape index (κ2) is 7.94. The molecule has 0 saturated carbocycles. The number of likely N-dealkylation sites (tertiary alicyclic amines) is 1. The fourth-order valence-electron chi connectivity index (χ4n) is 4.59. The van der Waals surface area contributed by atoms with E-state index in [9.17, 15) is 9.59 Å². The van der Waals surface area contributed by atoms with Crippen LogP contribution in [0.2, 0.25) is 0 Å². The Morgan fingerprint density at radius 1 is 1.03 bits per heavy atom. The SMILES string of the molecule is O=C1CC(C2CCCN(C(=O)C3CC(c4ccccc4)=NO3)C2)Oc2ccccc21. The highest BCUT2D eigenvalue weighted by atomic mass is 16.6. The van der Waals surface area contributed by atoms with Crippen molar-refractivity contribution in [2.24, 2.45) is 11.1 Å². The third-order valence-corrected chi connectivity index (χ3v) is 6.20. The molecule has 1 saturated heterocycles. The predicted octanol–water partition coefficient (Wildman–Crippen LogP) is 3.45. The van der Waals surface area contributed by atoms with E-state index in [2.05, 4.69) is 5.16 Å². The molecule has 0 aromatic heterocycles. The van der Waals surface area contributed by atoms with Gasteiger partial charge >= 0.3 is 0 Å². The monoisotopic (exact) mass is 404 g/mol. The summed E-state index contributed by atoms with van der Waals surface area (Å²) in [5.41, 5.74) is 2.44. The van der Waals surface area contributed by atoms with Crippen molar-refractivity contribution in [3.8, 4) is 5.75 Å². The summed E-state index contributed by atoms with van der Waals surface area (Å²) < 4.78 is 6.16. The summed E-state index contributed by atoms with van der Waals surface area (Å²) in [4.78, 5) is 33.0. The van der Waals surface area contributed by atoms with E-state index in [0.29, 0.717) is 37.2 Å². The molecule has 0 aliphatic carbocycles. The fourth-order valence-corrected chi connectivity index (χ4v) is 4.59. The predicted molar refractivity (Wildman–Crippen MR) is 112 cm³/mol. The molecule has 30 heavy (non-hydrogen) atoms. The largest absolute Gasteiger partial charge is 0.489 e. The van der Waals surface area contributed by atoms with Crippen molar-refractivity contribution in [3.63, 3.8) is 0 Å². The quantitative estimate of drug-likeness (QED) is 0.786. The van der Waals surface area contributed by atoms with E-state index < -0.39 is 6.10 Å². The normalized spacial score (nSPS) is 25.7. The molecule has 5 rings (SSSR count). The van der Waals surface area contributed by atoms with E-state index >= 15 is 0 Å². The minimum Gasteiger partial charge on any atom is -0.489 e. The van der Waals surface area contributed by atoms with Crippen LogP contribution in [0.1, 0.15) is 41.6 Å². The van der Waals surface area contributed by atoms with Crippen molar-refractivity contribution in [3.05, 3.63) is 65.7 Å². The molecule has 1 fully saturated rings. The molecule has 3 heterocycles. The van der Waals surface area contributed by atoms with Crippen molar-refractivity contribution < 1.29 is 19.2 Å². The average Bonchev–Trinajstić information content (AvgIpc) is 3.30. The molecule has 2 aromatic rings. The minimum absolute atomic E-state index is 0.0306. The van der Waals surface area contributed by atoms with Gasteiger partial charge in [0, 0.05) is 31.8 Å². The van der Waals surface area contributed by atoms with Crippen LogP contribution >= 0.6 is 0 Å². The van der Waals surface area contributed by atoms with Gasteiger partial charge in [0.05, 0.1) is 11.3 Å². The first kappa shape index (κ1) is 18.9. The second-order valence-electron chi connectivity index (χ2n) is 8.17. The molecule has 6 heteroatoms. The third-order valence-electron chi connectivity index (χ3n) is 6.20. The number of oxime groups is 1. The number of hydrogen-bond donors (Lipinski definition) is 0. The number of hydrogen-bond acceptors (Lipinski definition) is 5. The lowest BCUT2D eigenvalue weighted by atomic mass is 9.86. The van der Waals surface area contributed by atoms with Crippen molar-refractivity contribution in [2.45, 2.75) is 37.9 Å². The van der Waals surface area contributed by atoms with Crippen LogP contribution in [0.15, 0.2) is 59.8 Å². The Morgan fingerprint density at radius 3 is 2.70 bits per heavy atom. The summed E-state index contributed by atoms with van der Waals surface area (Å²) in [6, 6.07) is 17.2. The molecule has 0 N–H and O–H groups in total. The van der Waals surface area contributed by atoms with Gasteiger partial charge in [0.25, 0.3) is 5.91 Å². The summed E-state index contributed by atoms with van der Waals surface area (Å²) in [5.74, 6) is 0.875. The number of ketones is 1. The molecule has 3 unspecified atom stereocenters. The van der Waals surface area contributed by atoms with Gasteiger partial charge in [0.15, 0.2) is 5.78 Å². The number of nitrogens with zero attached hydrogens (tertiary/aromatic N) is 2. The van der Waals surface area contributed by atoms with Gasteiger partial charge in [0.1, 0.15) is 11.9 Å². The van der Waals surface area contributed by atoms with Gasteiger partial charge in [-0.3, -0.25) is 9.59 Å². The Kier molecular flexibility index (Phi) is 4.99. The third kappa shape index (κ3) is 3.58. The maximum Gasteiger partial charge on any atom is 0.266 e. The number of carbonyl (C=O) groups excluding carboxylic acids is 2. The van der Waals surface area contributed by atoms with Crippen LogP contribution in [0.25, 0.3) is 0 Å². The minimum atomic E-state index is -0.575. The Hall–Kier alpha value is -3.15. The highest BCUT2D eigenvalue weighted by Crippen LogP contribution is 2.33. The van der Waals surface area contributed by atoms with E-state index in [1.165, 1.54) is 0 Å². The van der Waals surface area contributed by atoms with E-state index in [4.69, 9.17) is 9.57 Å². The lowest BCUT2D eigenvalue weighted by Crippen LogP contribution is -2.49. The van der Waals surface area contributed by atoms with Crippen LogP contribution in [-0.2, 0) is 9.63 Å². The van der Waals surface area contributed by atoms with E-state index in [-0.39, 0.29) is 23.7 Å². The van der Waals surface area contributed by atoms with E-state index in [1.807, 2.05) is 59.5 Å². The number of para-hydroxylation sites is 1. The average molecular weight is 404 g/mol. The Balaban J connectivity index is 1.23. The van der Waals surface area contributed by atoms with Gasteiger partial charge in [-0.25, -0.2) is 0 Å². The number of benzene rings is 2. The van der Waals surface area contributed by atoms with Gasteiger partial charge in [0.2, 0.25) is 6.10 Å². The van der Waals surface area contributed by atoms with Crippen molar-refractivity contribution in [1.82, 2.24) is 4.90 Å². The van der Waals surface area contributed by atoms with Crippen LogP contribution in [0.4, 0.5) is 0 Å². The first-order chi connectivity index (χ1) is 14.7. The number of carbonyl (C=O) groups is 2. The molecular formula is C24H24N2O4. The van der Waals surface area contributed by atoms with Gasteiger partial charge in [-0.05, 0) is 30.5 Å². The first-order valence-electron chi connectivity index (χ1n) is 10.5. The van der Waals surface area contributed by atoms with E-state index in [1.54, 1.807) is 0 Å². The van der Waals surface area contributed by atoms with Crippen molar-refractivity contribution in [1.29, 1.82) is 0 Å². The Morgan fingerprint density at radius 2 is 1.83 bits per heavy atom. The molecule has 154 valence electrons. The molecule has 3 atom stereocenters. The van der Waals surface area contributed by atoms with Gasteiger partial charge in [-0.15, -0.1) is 0 Å². The molecule has 6 nitrogen and oxygen atoms in total. The maximum absolute atomic E-state index is 13.1. The summed E-state index contributed by atoms with van der Waals surface area (Å²) in [5, 5.41) is 4.15. The summed E-state index contributed by atoms with van der Waals surface area (Å²) >= 11 is 0. The summed E-state index contributed by atoms with van der Waals surface area (Å²) in [6.07, 6.45) is 1.92. The summed E-state index contributed by atoms with van der Waals surface area (Å²) in [6.45, 7) is 1.28. The zero-order chi connectivity index (χ0) is 20.5. The highest BCUT2D eigenvalue weighted by molar-refractivity contribution is 6.04. The topological polar surface area (TPSA) is 68.2 Å². The molecular weight excluding hydrogens is 380 g/mol. The van der Waals surface area contributed by atoms with Crippen molar-refractivity contribution >= 4 is 17.4 Å². The van der Waals surface area contributed by atoms with Crippen molar-refractivity contribution in [2.75, 3.05) is 13.1 Å².